The van der Waals surface area contributed by atoms with Crippen LogP contribution in [0.4, 0.5) is 0 Å². The smallest absolute Gasteiger partial charge is 0.308 e. The summed E-state index contributed by atoms with van der Waals surface area (Å²) >= 11 is 0. The number of carbonyl (C=O) groups excluding carboxylic acids is 1. The van der Waals surface area contributed by atoms with Gasteiger partial charge in [-0.25, -0.2) is 0 Å². The molecule has 2 nitrogen and oxygen atoms in total. The predicted molar refractivity (Wildman–Crippen MR) is 71.2 cm³/mol. The Bertz CT molecular complexity index is 489. The van der Waals surface area contributed by atoms with Crippen LogP contribution in [0, 0.1) is 0 Å². The van der Waals surface area contributed by atoms with E-state index in [1.165, 1.54) is 13.3 Å². The van der Waals surface area contributed by atoms with Crippen molar-refractivity contribution in [2.75, 3.05) is 0 Å². The Morgan fingerprint density at radius 3 is 2.24 bits per heavy atom. The first-order valence-electron chi connectivity index (χ1n) is 5.84. The molecule has 2 heteroatoms. The summed E-state index contributed by atoms with van der Waals surface area (Å²) < 4.78 is 4.98. The monoisotopic (exact) mass is 230 g/mol. The molecule has 0 aliphatic carbocycles. The zero-order chi connectivity index (χ0) is 12.7. The van der Waals surface area contributed by atoms with Gasteiger partial charge in [-0.1, -0.05) is 50.6 Å². The van der Waals surface area contributed by atoms with Crippen LogP contribution in [0.3, 0.4) is 0 Å². The van der Waals surface area contributed by atoms with Crippen molar-refractivity contribution in [3.05, 3.63) is 42.5 Å². The van der Waals surface area contributed by atoms with Gasteiger partial charge >= 0.3 is 5.97 Å². The van der Waals surface area contributed by atoms with E-state index in [1.807, 2.05) is 36.4 Å². The molecular weight excluding hydrogens is 212 g/mol. The number of esters is 1. The molecule has 2 aromatic rings. The molecule has 0 saturated heterocycles. The first-order valence-corrected chi connectivity index (χ1v) is 5.84. The third-order valence-electron chi connectivity index (χ3n) is 1.98. The van der Waals surface area contributed by atoms with Crippen molar-refractivity contribution in [2.24, 2.45) is 0 Å². The summed E-state index contributed by atoms with van der Waals surface area (Å²) in [4.78, 5) is 10.7. The largest absolute Gasteiger partial charge is 0.427 e. The molecule has 0 radical (unpaired) electrons. The second-order valence-corrected chi connectivity index (χ2v) is 3.81. The highest BCUT2D eigenvalue weighted by Crippen LogP contribution is 2.20. The van der Waals surface area contributed by atoms with Crippen molar-refractivity contribution < 1.29 is 9.53 Å². The minimum atomic E-state index is -0.291. The van der Waals surface area contributed by atoms with Gasteiger partial charge in [0.25, 0.3) is 0 Å². The van der Waals surface area contributed by atoms with Crippen molar-refractivity contribution >= 4 is 16.7 Å². The van der Waals surface area contributed by atoms with E-state index in [-0.39, 0.29) is 5.97 Å². The molecule has 0 N–H and O–H groups in total. The van der Waals surface area contributed by atoms with Crippen LogP contribution in [0.2, 0.25) is 0 Å². The minimum absolute atomic E-state index is 0.291. The van der Waals surface area contributed by atoms with Gasteiger partial charge in [-0.2, -0.15) is 0 Å². The lowest BCUT2D eigenvalue weighted by Crippen LogP contribution is -2.00. The van der Waals surface area contributed by atoms with Crippen LogP contribution in [0.25, 0.3) is 10.8 Å². The lowest BCUT2D eigenvalue weighted by Gasteiger charge is -2.02. The van der Waals surface area contributed by atoms with Gasteiger partial charge in [0.1, 0.15) is 5.75 Å². The van der Waals surface area contributed by atoms with Gasteiger partial charge in [0.2, 0.25) is 0 Å². The van der Waals surface area contributed by atoms with Crippen LogP contribution in [-0.4, -0.2) is 5.97 Å². The molecule has 0 saturated carbocycles. The van der Waals surface area contributed by atoms with Crippen LogP contribution in [0.5, 0.6) is 5.75 Å². The fourth-order valence-corrected chi connectivity index (χ4v) is 1.40. The Hall–Kier alpha value is -1.83. The number of fused-ring (bicyclic) bond motifs is 1. The van der Waals surface area contributed by atoms with E-state index >= 15 is 0 Å². The summed E-state index contributed by atoms with van der Waals surface area (Å²) in [5, 5.41) is 2.22. The summed E-state index contributed by atoms with van der Waals surface area (Å²) in [5.74, 6) is 0.302. The molecule has 0 bridgehead atoms. The maximum absolute atomic E-state index is 10.7. The van der Waals surface area contributed by atoms with Gasteiger partial charge in [0, 0.05) is 6.92 Å². The lowest BCUT2D eigenvalue weighted by molar-refractivity contribution is -0.131. The van der Waals surface area contributed by atoms with Gasteiger partial charge in [-0.05, 0) is 22.9 Å². The van der Waals surface area contributed by atoms with Crippen LogP contribution < -0.4 is 4.74 Å². The topological polar surface area (TPSA) is 26.3 Å². The first kappa shape index (κ1) is 13.2. The van der Waals surface area contributed by atoms with E-state index in [4.69, 9.17) is 4.74 Å². The third-order valence-corrected chi connectivity index (χ3v) is 1.98. The average Bonchev–Trinajstić information content (AvgIpc) is 2.29. The van der Waals surface area contributed by atoms with E-state index in [2.05, 4.69) is 13.8 Å². The van der Waals surface area contributed by atoms with Gasteiger partial charge in [0.05, 0.1) is 0 Å². The molecule has 2 rings (SSSR count). The Labute approximate surface area is 102 Å². The normalized spacial score (nSPS) is 9.35. The molecule has 0 fully saturated rings. The number of carbonyl (C=O) groups is 1. The minimum Gasteiger partial charge on any atom is -0.427 e. The highest BCUT2D eigenvalue weighted by Gasteiger charge is 1.98. The van der Waals surface area contributed by atoms with E-state index in [9.17, 15) is 4.79 Å². The molecule has 0 aliphatic rings. The van der Waals surface area contributed by atoms with Crippen LogP contribution >= 0.6 is 0 Å². The zero-order valence-corrected chi connectivity index (χ0v) is 10.6. The molecule has 90 valence electrons. The lowest BCUT2D eigenvalue weighted by atomic mass is 10.1. The number of ether oxygens (including phenoxy) is 1. The summed E-state index contributed by atoms with van der Waals surface area (Å²) in [6.07, 6.45) is 1.25. The molecular formula is C15H18O2. The van der Waals surface area contributed by atoms with E-state index in [1.54, 1.807) is 6.07 Å². The van der Waals surface area contributed by atoms with Gasteiger partial charge in [-0.15, -0.1) is 0 Å². The fourth-order valence-electron chi connectivity index (χ4n) is 1.40. The van der Waals surface area contributed by atoms with Gasteiger partial charge in [0.15, 0.2) is 0 Å². The molecule has 0 aromatic heterocycles. The highest BCUT2D eigenvalue weighted by molar-refractivity contribution is 5.84. The molecule has 0 amide bonds. The summed E-state index contributed by atoms with van der Waals surface area (Å²) in [7, 11) is 0. The quantitative estimate of drug-likeness (QED) is 0.542. The van der Waals surface area contributed by atoms with E-state index in [0.717, 1.165) is 10.8 Å². The van der Waals surface area contributed by atoms with Crippen molar-refractivity contribution in [2.45, 2.75) is 27.2 Å². The maximum atomic E-state index is 10.7. The maximum Gasteiger partial charge on any atom is 0.308 e. The Kier molecular flexibility index (Phi) is 5.21. The van der Waals surface area contributed by atoms with E-state index < -0.39 is 0 Å². The van der Waals surface area contributed by atoms with Gasteiger partial charge in [-0.3, -0.25) is 4.79 Å². The summed E-state index contributed by atoms with van der Waals surface area (Å²) in [5.41, 5.74) is 0. The number of rotatable bonds is 1. The second-order valence-electron chi connectivity index (χ2n) is 3.81. The summed E-state index contributed by atoms with van der Waals surface area (Å²) in [6.45, 7) is 5.65. The van der Waals surface area contributed by atoms with Crippen LogP contribution in [0.1, 0.15) is 27.2 Å². The van der Waals surface area contributed by atoms with E-state index in [0.29, 0.717) is 5.75 Å². The predicted octanol–water partition coefficient (Wildman–Crippen LogP) is 4.18. The average molecular weight is 230 g/mol. The Balaban J connectivity index is 0.000000437. The molecule has 17 heavy (non-hydrogen) atoms. The third kappa shape index (κ3) is 4.27. The van der Waals surface area contributed by atoms with Crippen molar-refractivity contribution in [1.29, 1.82) is 0 Å². The van der Waals surface area contributed by atoms with Crippen molar-refractivity contribution in [3.8, 4) is 5.75 Å². The SMILES string of the molecule is CC(=O)Oc1ccc2ccccc2c1.CCC. The molecule has 0 unspecified atom stereocenters. The fraction of sp³-hybridized carbons (Fsp3) is 0.267. The van der Waals surface area contributed by atoms with Crippen LogP contribution in [-0.2, 0) is 4.79 Å². The molecule has 0 atom stereocenters. The zero-order valence-electron chi connectivity index (χ0n) is 10.6. The molecule has 0 spiro atoms. The molecule has 2 aromatic carbocycles. The highest BCUT2D eigenvalue weighted by atomic mass is 16.5. The Morgan fingerprint density at radius 2 is 1.65 bits per heavy atom. The van der Waals surface area contributed by atoms with Gasteiger partial charge < -0.3 is 4.74 Å². The molecule has 0 aliphatic heterocycles. The summed E-state index contributed by atoms with van der Waals surface area (Å²) in [6, 6.07) is 13.5. The number of hydrogen-bond acceptors (Lipinski definition) is 2. The second kappa shape index (κ2) is 6.69. The Morgan fingerprint density at radius 1 is 1.06 bits per heavy atom. The van der Waals surface area contributed by atoms with Crippen molar-refractivity contribution in [3.63, 3.8) is 0 Å². The van der Waals surface area contributed by atoms with Crippen molar-refractivity contribution in [1.82, 2.24) is 0 Å². The van der Waals surface area contributed by atoms with Crippen LogP contribution in [0.15, 0.2) is 42.5 Å². The standard InChI is InChI=1S/C12H10O2.C3H8/c1-9(13)14-12-7-6-10-4-2-3-5-11(10)8-12;1-3-2/h2-8H,1H3;3H2,1-2H3. The molecule has 0 heterocycles. The number of hydrogen-bond donors (Lipinski definition) is 0. The first-order chi connectivity index (χ1) is 8.17. The number of benzene rings is 2.